The number of esters is 5. The Morgan fingerprint density at radius 2 is 1.24 bits per heavy atom. The first kappa shape index (κ1) is 65.7. The largest absolute Gasteiger partial charge is 0.463 e. The normalized spacial score (nSPS) is 25.4. The van der Waals surface area contributed by atoms with Crippen LogP contribution in [0.25, 0.3) is 0 Å². The highest BCUT2D eigenvalue weighted by molar-refractivity contribution is 5.86. The number of aliphatic hydroxyl groups is 1. The smallest absolute Gasteiger partial charge is 0.303 e. The number of allylic oxidation sites excluding steroid dienone is 5. The Morgan fingerprint density at radius 3 is 1.82 bits per heavy atom. The van der Waals surface area contributed by atoms with Gasteiger partial charge < -0.3 is 53.1 Å². The van der Waals surface area contributed by atoms with Crippen LogP contribution in [0.3, 0.4) is 0 Å². The molecule has 17 heteroatoms. The van der Waals surface area contributed by atoms with Crippen molar-refractivity contribution in [1.29, 1.82) is 0 Å². The monoisotopic (exact) mass is 1050 g/mol. The summed E-state index contributed by atoms with van der Waals surface area (Å²) in [5, 5.41) is 13.7. The molecular formula is C57H93NO16. The molecule has 2 rings (SSSR count). The molecule has 422 valence electrons. The third kappa shape index (κ3) is 24.5. The number of carbonyl (C=O) groups is 6. The summed E-state index contributed by atoms with van der Waals surface area (Å²) >= 11 is 0. The first-order chi connectivity index (χ1) is 35.3. The number of ether oxygens (including phenoxy) is 9. The first-order valence-electron chi connectivity index (χ1n) is 27.2. The van der Waals surface area contributed by atoms with Crippen LogP contribution in [0.1, 0.15) is 178 Å². The van der Waals surface area contributed by atoms with Gasteiger partial charge in [-0.05, 0) is 82.3 Å². The Morgan fingerprint density at radius 1 is 0.676 bits per heavy atom. The first-order valence-corrected chi connectivity index (χ1v) is 27.2. The van der Waals surface area contributed by atoms with E-state index < -0.39 is 96.3 Å². The molecule has 12 unspecified atom stereocenters. The maximum absolute atomic E-state index is 12.4. The minimum absolute atomic E-state index is 0.0265. The number of unbranched alkanes of at least 4 members (excludes halogenated alkanes) is 10. The number of nitrogens with one attached hydrogen (secondary N) is 1. The number of amides is 1. The van der Waals surface area contributed by atoms with E-state index >= 15 is 0 Å². The molecule has 2 N–H and O–H groups in total. The number of hydrogen-bond acceptors (Lipinski definition) is 16. The second kappa shape index (κ2) is 36.5. The van der Waals surface area contributed by atoms with Gasteiger partial charge in [0.1, 0.15) is 50.0 Å². The average Bonchev–Trinajstić information content (AvgIpc) is 3.34. The molecule has 0 saturated carbocycles. The van der Waals surface area contributed by atoms with Crippen molar-refractivity contribution >= 4 is 35.8 Å². The zero-order valence-corrected chi connectivity index (χ0v) is 46.4. The molecule has 0 aromatic carbocycles. The second-order valence-corrected chi connectivity index (χ2v) is 20.0. The molecule has 0 aromatic rings. The van der Waals surface area contributed by atoms with Gasteiger partial charge in [-0.15, -0.1) is 0 Å². The molecule has 2 aliphatic heterocycles. The van der Waals surface area contributed by atoms with E-state index in [4.69, 9.17) is 42.6 Å². The summed E-state index contributed by atoms with van der Waals surface area (Å²) in [5.74, 6) is -2.61. The van der Waals surface area contributed by atoms with Crippen LogP contribution in [0.4, 0.5) is 0 Å². The van der Waals surface area contributed by atoms with Crippen molar-refractivity contribution in [1.82, 2.24) is 5.32 Å². The van der Waals surface area contributed by atoms with Gasteiger partial charge in [0.2, 0.25) is 5.91 Å². The summed E-state index contributed by atoms with van der Waals surface area (Å²) in [5.41, 5.74) is 0.319. The summed E-state index contributed by atoms with van der Waals surface area (Å²) in [7, 11) is 0. The van der Waals surface area contributed by atoms with E-state index in [9.17, 15) is 33.9 Å². The molecule has 17 nitrogen and oxygen atoms in total. The third-order valence-electron chi connectivity index (χ3n) is 13.8. The minimum Gasteiger partial charge on any atom is -0.463 e. The van der Waals surface area contributed by atoms with E-state index in [1.165, 1.54) is 79.6 Å². The number of aliphatic hydroxyl groups excluding tert-OH is 1. The zero-order chi connectivity index (χ0) is 55.1. The quantitative estimate of drug-likeness (QED) is 0.0149. The van der Waals surface area contributed by atoms with Gasteiger partial charge >= 0.3 is 29.8 Å². The molecule has 1 amide bonds. The molecular weight excluding hydrogens is 955 g/mol. The van der Waals surface area contributed by atoms with Crippen LogP contribution in [-0.2, 0) is 71.4 Å². The maximum atomic E-state index is 12.4. The van der Waals surface area contributed by atoms with Crippen LogP contribution >= 0.6 is 0 Å². The van der Waals surface area contributed by atoms with Crippen molar-refractivity contribution in [3.8, 4) is 0 Å². The Kier molecular flexibility index (Phi) is 32.4. The molecule has 0 radical (unpaired) electrons. The van der Waals surface area contributed by atoms with Gasteiger partial charge in [0.05, 0.1) is 6.61 Å². The molecule has 74 heavy (non-hydrogen) atoms. The predicted octanol–water partition coefficient (Wildman–Crippen LogP) is 9.21. The third-order valence-corrected chi connectivity index (χ3v) is 13.8. The van der Waals surface area contributed by atoms with Gasteiger partial charge in [-0.2, -0.15) is 0 Å². The summed E-state index contributed by atoms with van der Waals surface area (Å²) in [6, 6.07) is 0. The Labute approximate surface area is 442 Å². The Bertz CT molecular complexity index is 1800. The summed E-state index contributed by atoms with van der Waals surface area (Å²) in [6.45, 7) is 20.1. The Hall–Kier alpha value is -4.42. The van der Waals surface area contributed by atoms with Crippen LogP contribution in [-0.4, -0.2) is 128 Å². The van der Waals surface area contributed by atoms with E-state index in [1.807, 2.05) is 33.8 Å². The average molecular weight is 1050 g/mol. The van der Waals surface area contributed by atoms with E-state index in [0.717, 1.165) is 56.6 Å². The lowest BCUT2D eigenvalue weighted by atomic mass is 9.73. The van der Waals surface area contributed by atoms with Crippen molar-refractivity contribution < 1.29 is 76.5 Å². The summed E-state index contributed by atoms with van der Waals surface area (Å²) in [4.78, 5) is 72.2. The fourth-order valence-electron chi connectivity index (χ4n) is 9.50. The van der Waals surface area contributed by atoms with Crippen LogP contribution < -0.4 is 5.32 Å². The standard InChI is InChI=1S/C57H93NO16/c1-12-45(13-2)50-53(70-42(8)61)54(71-43(9)62)51(47(73-50)36-66-38-58-48(64)14-3)67-35-31-27-23-25-29-33-39(5)32-28-24-21-19-17-16-18-20-22-26-30-34-57(11,15-4)56-55(72-44(10)63)52(69-41(7)60)49(65)46(74-56)37-68-40(6)59/h12,14,25-26,29-30,39,46-47,49-56,65H,3,13,15-24,27-28,31-38H2,1-2,4-11H3,(H,58,64)/b29-25-,30-26-,45-12+. The molecule has 2 aliphatic rings. The van der Waals surface area contributed by atoms with Gasteiger partial charge in [0, 0.05) is 46.6 Å². The second-order valence-electron chi connectivity index (χ2n) is 20.0. The van der Waals surface area contributed by atoms with Crippen LogP contribution in [0.15, 0.2) is 48.6 Å². The predicted molar refractivity (Wildman–Crippen MR) is 280 cm³/mol. The lowest BCUT2D eigenvalue weighted by Gasteiger charge is -2.49. The highest BCUT2D eigenvalue weighted by atomic mass is 16.7. The van der Waals surface area contributed by atoms with E-state index in [2.05, 4.69) is 43.1 Å². The van der Waals surface area contributed by atoms with E-state index in [-0.39, 0.29) is 25.9 Å². The molecule has 2 saturated heterocycles. The highest BCUT2D eigenvalue weighted by Crippen LogP contribution is 2.42. The SMILES string of the molecule is C=CC(=O)NCOCC1OC(/C(=C/C)CC)C(OC(C)=O)C(OC(C)=O)C1OCCCC/C=C\CC(C)CCCCCCCCCC/C=C\CC(C)(CC)C1OC(COC(C)=O)C(O)C(OC(C)=O)C1OC(C)=O. The van der Waals surface area contributed by atoms with Crippen molar-refractivity contribution in [3.05, 3.63) is 48.6 Å². The molecule has 12 atom stereocenters. The summed E-state index contributed by atoms with van der Waals surface area (Å²) < 4.78 is 52.8. The van der Waals surface area contributed by atoms with Gasteiger partial charge in [0.15, 0.2) is 24.4 Å². The summed E-state index contributed by atoms with van der Waals surface area (Å²) in [6.07, 6.45) is 19.6. The fourth-order valence-corrected chi connectivity index (χ4v) is 9.50. The molecule has 0 spiro atoms. The minimum atomic E-state index is -1.37. The van der Waals surface area contributed by atoms with Gasteiger partial charge in [-0.25, -0.2) is 0 Å². The molecule has 0 aromatic heterocycles. The fraction of sp³-hybridized carbons (Fsp3) is 0.754. The van der Waals surface area contributed by atoms with Crippen LogP contribution in [0, 0.1) is 11.3 Å². The van der Waals surface area contributed by atoms with Crippen LogP contribution in [0.5, 0.6) is 0 Å². The van der Waals surface area contributed by atoms with Crippen LogP contribution in [0.2, 0.25) is 0 Å². The molecule has 0 aliphatic carbocycles. The van der Waals surface area contributed by atoms with Crippen molar-refractivity contribution in [3.63, 3.8) is 0 Å². The lowest BCUT2D eigenvalue weighted by molar-refractivity contribution is -0.266. The maximum Gasteiger partial charge on any atom is 0.303 e. The number of rotatable bonds is 36. The lowest BCUT2D eigenvalue weighted by Crippen LogP contribution is -2.64. The van der Waals surface area contributed by atoms with Crippen molar-refractivity contribution in [2.45, 2.75) is 239 Å². The van der Waals surface area contributed by atoms with Gasteiger partial charge in [-0.3, -0.25) is 28.8 Å². The highest BCUT2D eigenvalue weighted by Gasteiger charge is 2.55. The van der Waals surface area contributed by atoms with Gasteiger partial charge in [0.25, 0.3) is 0 Å². The topological polar surface area (TPSA) is 218 Å². The molecule has 0 bridgehead atoms. The number of hydrogen-bond donors (Lipinski definition) is 2. The van der Waals surface area contributed by atoms with Crippen molar-refractivity contribution in [2.75, 3.05) is 26.6 Å². The molecule has 2 fully saturated rings. The van der Waals surface area contributed by atoms with E-state index in [0.29, 0.717) is 31.8 Å². The molecule has 2 heterocycles. The number of carbonyl (C=O) groups excluding carboxylic acids is 6. The van der Waals surface area contributed by atoms with Crippen molar-refractivity contribution in [2.24, 2.45) is 11.3 Å². The van der Waals surface area contributed by atoms with Gasteiger partial charge in [-0.1, -0.05) is 116 Å². The zero-order valence-electron chi connectivity index (χ0n) is 46.4. The Balaban J connectivity index is 1.73. The van der Waals surface area contributed by atoms with E-state index in [1.54, 1.807) is 0 Å².